The van der Waals surface area contributed by atoms with Gasteiger partial charge in [-0.2, -0.15) is 11.8 Å². The van der Waals surface area contributed by atoms with E-state index in [4.69, 9.17) is 0 Å². The van der Waals surface area contributed by atoms with Crippen LogP contribution in [0.5, 0.6) is 0 Å². The van der Waals surface area contributed by atoms with Crippen LogP contribution in [0.1, 0.15) is 13.3 Å². The van der Waals surface area contributed by atoms with Crippen molar-refractivity contribution in [2.24, 2.45) is 0 Å². The van der Waals surface area contributed by atoms with Gasteiger partial charge in [0.05, 0.1) is 6.20 Å². The lowest BCUT2D eigenvalue weighted by molar-refractivity contribution is 0.766. The largest absolute Gasteiger partial charge is 0.366 e. The fourth-order valence-electron chi connectivity index (χ4n) is 0.993. The number of nitrogens with zero attached hydrogens (tertiary/aromatic N) is 2. The molecule has 3 nitrogen and oxygen atoms in total. The molecule has 1 aromatic rings. The number of hydrogen-bond donors (Lipinski definition) is 1. The normalized spacial score (nSPS) is 12.5. The van der Waals surface area contributed by atoms with E-state index in [2.05, 4.69) is 28.5 Å². The molecule has 1 atom stereocenters. The molecule has 0 radical (unpaired) electrons. The summed E-state index contributed by atoms with van der Waals surface area (Å²) >= 11 is 1.86. The first-order valence-electron chi connectivity index (χ1n) is 4.34. The molecule has 0 aliphatic heterocycles. The van der Waals surface area contributed by atoms with E-state index >= 15 is 0 Å². The minimum Gasteiger partial charge on any atom is -0.366 e. The van der Waals surface area contributed by atoms with Crippen LogP contribution in [0, 0.1) is 0 Å². The molecule has 0 spiro atoms. The van der Waals surface area contributed by atoms with Crippen molar-refractivity contribution in [1.29, 1.82) is 0 Å². The Labute approximate surface area is 83.4 Å². The second-order valence-electron chi connectivity index (χ2n) is 2.92. The highest BCUT2D eigenvalue weighted by Crippen LogP contribution is 2.05. The molecule has 1 N–H and O–H groups in total. The van der Waals surface area contributed by atoms with Crippen LogP contribution in [0.15, 0.2) is 18.6 Å². The SMILES string of the molecule is CSCCC(C)Nc1cnccn1. The minimum absolute atomic E-state index is 0.462. The molecule has 0 saturated carbocycles. The third-order valence-electron chi connectivity index (χ3n) is 1.71. The van der Waals surface area contributed by atoms with Crippen molar-refractivity contribution in [2.75, 3.05) is 17.3 Å². The Kier molecular flexibility index (Phi) is 4.60. The molecule has 0 bridgehead atoms. The molecule has 72 valence electrons. The van der Waals surface area contributed by atoms with Gasteiger partial charge in [-0.15, -0.1) is 0 Å². The number of nitrogens with one attached hydrogen (secondary N) is 1. The van der Waals surface area contributed by atoms with E-state index in [9.17, 15) is 0 Å². The Morgan fingerprint density at radius 2 is 2.38 bits per heavy atom. The maximum atomic E-state index is 4.15. The van der Waals surface area contributed by atoms with Gasteiger partial charge < -0.3 is 5.32 Å². The van der Waals surface area contributed by atoms with Crippen LogP contribution in [0.2, 0.25) is 0 Å². The summed E-state index contributed by atoms with van der Waals surface area (Å²) < 4.78 is 0. The molecule has 1 unspecified atom stereocenters. The molecule has 13 heavy (non-hydrogen) atoms. The minimum atomic E-state index is 0.462. The molecule has 1 heterocycles. The number of hydrogen-bond acceptors (Lipinski definition) is 4. The van der Waals surface area contributed by atoms with Gasteiger partial charge in [0.2, 0.25) is 0 Å². The zero-order valence-corrected chi connectivity index (χ0v) is 8.84. The third-order valence-corrected chi connectivity index (χ3v) is 2.36. The predicted molar refractivity (Wildman–Crippen MR) is 58.1 cm³/mol. The van der Waals surface area contributed by atoms with Gasteiger partial charge in [-0.05, 0) is 25.4 Å². The predicted octanol–water partition coefficient (Wildman–Crippen LogP) is 2.03. The summed E-state index contributed by atoms with van der Waals surface area (Å²) in [5, 5.41) is 3.29. The summed E-state index contributed by atoms with van der Waals surface area (Å²) in [7, 11) is 0. The van der Waals surface area contributed by atoms with E-state index in [0.717, 1.165) is 12.2 Å². The molecule has 0 amide bonds. The molecule has 0 aromatic carbocycles. The van der Waals surface area contributed by atoms with Crippen LogP contribution in [0.3, 0.4) is 0 Å². The zero-order valence-electron chi connectivity index (χ0n) is 8.03. The first-order valence-corrected chi connectivity index (χ1v) is 5.74. The smallest absolute Gasteiger partial charge is 0.144 e. The molecular weight excluding hydrogens is 182 g/mol. The van der Waals surface area contributed by atoms with Crippen LogP contribution < -0.4 is 5.32 Å². The van der Waals surface area contributed by atoms with Crippen LogP contribution >= 0.6 is 11.8 Å². The topological polar surface area (TPSA) is 37.8 Å². The molecule has 1 aromatic heterocycles. The van der Waals surface area contributed by atoms with E-state index < -0.39 is 0 Å². The summed E-state index contributed by atoms with van der Waals surface area (Å²) in [6.07, 6.45) is 8.39. The Balaban J connectivity index is 2.32. The number of rotatable bonds is 5. The lowest BCUT2D eigenvalue weighted by Gasteiger charge is -2.12. The van der Waals surface area contributed by atoms with Gasteiger partial charge in [0.1, 0.15) is 5.82 Å². The molecule has 0 fully saturated rings. The van der Waals surface area contributed by atoms with Crippen molar-refractivity contribution in [1.82, 2.24) is 9.97 Å². The Hall–Kier alpha value is -0.770. The average Bonchev–Trinajstić information content (AvgIpc) is 2.16. The first kappa shape index (κ1) is 10.3. The van der Waals surface area contributed by atoms with Crippen LogP contribution in [0.25, 0.3) is 0 Å². The van der Waals surface area contributed by atoms with Gasteiger partial charge >= 0.3 is 0 Å². The fourth-order valence-corrected chi connectivity index (χ4v) is 1.58. The van der Waals surface area contributed by atoms with Crippen molar-refractivity contribution in [3.63, 3.8) is 0 Å². The summed E-state index contributed by atoms with van der Waals surface area (Å²) in [5.74, 6) is 2.03. The molecule has 0 saturated heterocycles. The molecule has 0 aliphatic carbocycles. The second kappa shape index (κ2) is 5.80. The first-order chi connectivity index (χ1) is 6.33. The van der Waals surface area contributed by atoms with E-state index in [-0.39, 0.29) is 0 Å². The highest BCUT2D eigenvalue weighted by atomic mass is 32.2. The number of anilines is 1. The van der Waals surface area contributed by atoms with Crippen molar-refractivity contribution in [3.05, 3.63) is 18.6 Å². The van der Waals surface area contributed by atoms with E-state index in [1.165, 1.54) is 5.75 Å². The molecule has 0 aliphatic rings. The van der Waals surface area contributed by atoms with Crippen LogP contribution in [-0.4, -0.2) is 28.0 Å². The van der Waals surface area contributed by atoms with E-state index in [1.807, 2.05) is 11.8 Å². The second-order valence-corrected chi connectivity index (χ2v) is 3.90. The van der Waals surface area contributed by atoms with Crippen LogP contribution in [-0.2, 0) is 0 Å². The lowest BCUT2D eigenvalue weighted by atomic mass is 10.2. The Morgan fingerprint density at radius 3 is 3.00 bits per heavy atom. The molecular formula is C9H15N3S. The highest BCUT2D eigenvalue weighted by Gasteiger charge is 2.01. The fraction of sp³-hybridized carbons (Fsp3) is 0.556. The van der Waals surface area contributed by atoms with Gasteiger partial charge in [0.15, 0.2) is 0 Å². The third kappa shape index (κ3) is 4.12. The molecule has 4 heteroatoms. The molecule has 1 rings (SSSR count). The summed E-state index contributed by atoms with van der Waals surface area (Å²) in [6.45, 7) is 2.16. The van der Waals surface area contributed by atoms with Crippen molar-refractivity contribution < 1.29 is 0 Å². The number of thioether (sulfide) groups is 1. The van der Waals surface area contributed by atoms with Gasteiger partial charge in [-0.1, -0.05) is 0 Å². The Morgan fingerprint density at radius 1 is 1.54 bits per heavy atom. The number of aromatic nitrogens is 2. The van der Waals surface area contributed by atoms with Crippen molar-refractivity contribution in [3.8, 4) is 0 Å². The maximum Gasteiger partial charge on any atom is 0.144 e. The summed E-state index contributed by atoms with van der Waals surface area (Å²) in [5.41, 5.74) is 0. The maximum absolute atomic E-state index is 4.15. The quantitative estimate of drug-likeness (QED) is 0.783. The average molecular weight is 197 g/mol. The lowest BCUT2D eigenvalue weighted by Crippen LogP contribution is -2.16. The van der Waals surface area contributed by atoms with Gasteiger partial charge in [-0.25, -0.2) is 4.98 Å². The van der Waals surface area contributed by atoms with E-state index in [1.54, 1.807) is 18.6 Å². The standard InChI is InChI=1S/C9H15N3S/c1-8(3-6-13-2)12-9-7-10-4-5-11-9/h4-5,7-8H,3,6H2,1-2H3,(H,11,12). The van der Waals surface area contributed by atoms with E-state index in [0.29, 0.717) is 6.04 Å². The van der Waals surface area contributed by atoms with Crippen LogP contribution in [0.4, 0.5) is 5.82 Å². The van der Waals surface area contributed by atoms with Gasteiger partial charge in [0.25, 0.3) is 0 Å². The summed E-state index contributed by atoms with van der Waals surface area (Å²) in [4.78, 5) is 8.13. The summed E-state index contributed by atoms with van der Waals surface area (Å²) in [6, 6.07) is 0.462. The van der Waals surface area contributed by atoms with Crippen molar-refractivity contribution >= 4 is 17.6 Å². The van der Waals surface area contributed by atoms with Gasteiger partial charge in [0, 0.05) is 18.4 Å². The monoisotopic (exact) mass is 197 g/mol. The zero-order chi connectivity index (χ0) is 9.52. The Bertz CT molecular complexity index is 228. The highest BCUT2D eigenvalue weighted by molar-refractivity contribution is 7.98. The van der Waals surface area contributed by atoms with Gasteiger partial charge in [-0.3, -0.25) is 4.98 Å². The van der Waals surface area contributed by atoms with Crippen molar-refractivity contribution in [2.45, 2.75) is 19.4 Å².